The Bertz CT molecular complexity index is 1040. The molecule has 6 nitrogen and oxygen atoms in total. The number of hydrogen-bond donors (Lipinski definition) is 0. The minimum atomic E-state index is -3.48. The van der Waals surface area contributed by atoms with Crippen molar-refractivity contribution in [2.45, 2.75) is 50.5 Å². The number of fused-ring (bicyclic) bond motifs is 1. The molecule has 2 aliphatic heterocycles. The molecule has 0 aliphatic carbocycles. The van der Waals surface area contributed by atoms with Gasteiger partial charge in [-0.15, -0.1) is 0 Å². The normalized spacial score (nSPS) is 19.5. The fraction of sp³-hybridized carbons (Fsp3) is 0.435. The third-order valence-electron chi connectivity index (χ3n) is 5.93. The summed E-state index contributed by atoms with van der Waals surface area (Å²) in [5.41, 5.74) is 2.82. The largest absolute Gasteiger partial charge is 0.483 e. The topological polar surface area (TPSA) is 66.9 Å². The number of para-hydroxylation sites is 1. The first kappa shape index (κ1) is 20.9. The number of benzene rings is 2. The third kappa shape index (κ3) is 3.96. The van der Waals surface area contributed by atoms with Crippen molar-refractivity contribution in [1.29, 1.82) is 0 Å². The second kappa shape index (κ2) is 8.40. The van der Waals surface area contributed by atoms with Gasteiger partial charge in [0.05, 0.1) is 4.90 Å². The molecule has 1 saturated heterocycles. The Morgan fingerprint density at radius 3 is 2.57 bits per heavy atom. The van der Waals surface area contributed by atoms with Gasteiger partial charge in [-0.1, -0.05) is 24.6 Å². The van der Waals surface area contributed by atoms with Gasteiger partial charge in [-0.2, -0.15) is 4.31 Å². The van der Waals surface area contributed by atoms with E-state index >= 15 is 0 Å². The average molecular weight is 429 g/mol. The Balaban J connectivity index is 1.45. The lowest BCUT2D eigenvalue weighted by Gasteiger charge is -2.26. The van der Waals surface area contributed by atoms with Crippen LogP contribution in [0.2, 0.25) is 0 Å². The number of sulfonamides is 1. The molecule has 0 saturated carbocycles. The van der Waals surface area contributed by atoms with Gasteiger partial charge in [0.15, 0.2) is 6.61 Å². The summed E-state index contributed by atoms with van der Waals surface area (Å²) in [5, 5.41) is 0. The standard InChI is InChI=1S/C23H28N2O4S/c1-17-14-20(30(27,28)24-12-6-3-7-13-24)10-11-22(17)29-16-23(26)25-18(2)15-19-8-4-5-9-21(19)25/h4-5,8-11,14,18H,3,6-7,12-13,15-16H2,1-2H3/t18-/m1/s1. The Morgan fingerprint density at radius 1 is 1.10 bits per heavy atom. The summed E-state index contributed by atoms with van der Waals surface area (Å²) in [6, 6.07) is 12.9. The predicted molar refractivity (Wildman–Crippen MR) is 116 cm³/mol. The molecular weight excluding hydrogens is 400 g/mol. The van der Waals surface area contributed by atoms with E-state index in [4.69, 9.17) is 4.74 Å². The van der Waals surface area contributed by atoms with Crippen LogP contribution in [0, 0.1) is 6.92 Å². The van der Waals surface area contributed by atoms with E-state index in [0.717, 1.165) is 31.4 Å². The number of ether oxygens (including phenoxy) is 1. The summed E-state index contributed by atoms with van der Waals surface area (Å²) in [5.74, 6) is 0.429. The van der Waals surface area contributed by atoms with Crippen molar-refractivity contribution >= 4 is 21.6 Å². The van der Waals surface area contributed by atoms with Gasteiger partial charge >= 0.3 is 0 Å². The van der Waals surface area contributed by atoms with Gasteiger partial charge in [0.1, 0.15) is 5.75 Å². The number of rotatable bonds is 5. The molecule has 160 valence electrons. The van der Waals surface area contributed by atoms with Crippen molar-refractivity contribution < 1.29 is 17.9 Å². The second-order valence-electron chi connectivity index (χ2n) is 8.13. The number of hydrogen-bond acceptors (Lipinski definition) is 4. The Kier molecular flexibility index (Phi) is 5.84. The van der Waals surface area contributed by atoms with Crippen molar-refractivity contribution in [2.24, 2.45) is 0 Å². The first-order chi connectivity index (χ1) is 14.4. The lowest BCUT2D eigenvalue weighted by molar-refractivity contribution is -0.120. The van der Waals surface area contributed by atoms with Crippen LogP contribution in [-0.4, -0.2) is 44.4 Å². The Labute approximate surface area is 178 Å². The summed E-state index contributed by atoms with van der Waals surface area (Å²) in [6.07, 6.45) is 3.72. The van der Waals surface area contributed by atoms with Crippen LogP contribution in [0.4, 0.5) is 5.69 Å². The molecule has 0 N–H and O–H groups in total. The van der Waals surface area contributed by atoms with E-state index in [1.165, 1.54) is 5.56 Å². The molecule has 1 fully saturated rings. The van der Waals surface area contributed by atoms with Crippen LogP contribution in [0.3, 0.4) is 0 Å². The minimum Gasteiger partial charge on any atom is -0.483 e. The summed E-state index contributed by atoms with van der Waals surface area (Å²) >= 11 is 0. The van der Waals surface area contributed by atoms with Gasteiger partial charge in [-0.3, -0.25) is 4.79 Å². The van der Waals surface area contributed by atoms with Crippen LogP contribution >= 0.6 is 0 Å². The lowest BCUT2D eigenvalue weighted by atomic mass is 10.1. The van der Waals surface area contributed by atoms with E-state index in [1.807, 2.05) is 38.1 Å². The van der Waals surface area contributed by atoms with E-state index in [-0.39, 0.29) is 23.5 Å². The quantitative estimate of drug-likeness (QED) is 0.731. The van der Waals surface area contributed by atoms with Gasteiger partial charge in [-0.25, -0.2) is 8.42 Å². The van der Waals surface area contributed by atoms with Crippen LogP contribution in [0.15, 0.2) is 47.4 Å². The number of nitrogens with zero attached hydrogens (tertiary/aromatic N) is 2. The smallest absolute Gasteiger partial charge is 0.265 e. The number of piperidine rings is 1. The molecule has 0 bridgehead atoms. The van der Waals surface area contributed by atoms with E-state index in [2.05, 4.69) is 0 Å². The third-order valence-corrected chi connectivity index (χ3v) is 7.82. The molecule has 2 aliphatic rings. The Morgan fingerprint density at radius 2 is 1.83 bits per heavy atom. The molecule has 30 heavy (non-hydrogen) atoms. The van der Waals surface area contributed by atoms with E-state index in [9.17, 15) is 13.2 Å². The molecule has 7 heteroatoms. The molecule has 2 aromatic rings. The maximum absolute atomic E-state index is 12.9. The summed E-state index contributed by atoms with van der Waals surface area (Å²) < 4.78 is 33.1. The zero-order chi connectivity index (χ0) is 21.3. The SMILES string of the molecule is Cc1cc(S(=O)(=O)N2CCCCC2)ccc1OCC(=O)N1c2ccccc2C[C@H]1C. The maximum Gasteiger partial charge on any atom is 0.265 e. The molecule has 0 unspecified atom stereocenters. The molecule has 1 amide bonds. The zero-order valence-electron chi connectivity index (χ0n) is 17.5. The van der Waals surface area contributed by atoms with Crippen molar-refractivity contribution in [3.05, 3.63) is 53.6 Å². The van der Waals surface area contributed by atoms with Crippen LogP contribution in [0.5, 0.6) is 5.75 Å². The summed E-state index contributed by atoms with van der Waals surface area (Å²) in [4.78, 5) is 14.9. The van der Waals surface area contributed by atoms with Crippen LogP contribution in [0.25, 0.3) is 0 Å². The zero-order valence-corrected chi connectivity index (χ0v) is 18.3. The predicted octanol–water partition coefficient (Wildman–Crippen LogP) is 3.53. The van der Waals surface area contributed by atoms with Crippen molar-refractivity contribution in [2.75, 3.05) is 24.6 Å². The molecule has 1 atom stereocenters. The highest BCUT2D eigenvalue weighted by atomic mass is 32.2. The highest BCUT2D eigenvalue weighted by molar-refractivity contribution is 7.89. The van der Waals surface area contributed by atoms with Crippen LogP contribution in [0.1, 0.15) is 37.3 Å². The van der Waals surface area contributed by atoms with Gasteiger partial charge < -0.3 is 9.64 Å². The van der Waals surface area contributed by atoms with Crippen LogP contribution in [-0.2, 0) is 21.2 Å². The molecular formula is C23H28N2O4S. The van der Waals surface area contributed by atoms with E-state index in [1.54, 1.807) is 27.4 Å². The van der Waals surface area contributed by atoms with Crippen molar-refractivity contribution in [3.8, 4) is 5.75 Å². The average Bonchev–Trinajstić information content (AvgIpc) is 3.09. The highest BCUT2D eigenvalue weighted by Gasteiger charge is 2.31. The van der Waals surface area contributed by atoms with Gasteiger partial charge in [0.25, 0.3) is 5.91 Å². The first-order valence-corrected chi connectivity index (χ1v) is 12.0. The van der Waals surface area contributed by atoms with Gasteiger partial charge in [-0.05, 0) is 68.5 Å². The number of carbonyl (C=O) groups is 1. The molecule has 2 heterocycles. The Hall–Kier alpha value is -2.38. The van der Waals surface area contributed by atoms with Gasteiger partial charge in [0.2, 0.25) is 10.0 Å². The molecule has 2 aromatic carbocycles. The van der Waals surface area contributed by atoms with Crippen LogP contribution < -0.4 is 9.64 Å². The molecule has 0 radical (unpaired) electrons. The second-order valence-corrected chi connectivity index (χ2v) is 10.1. The number of amides is 1. The van der Waals surface area contributed by atoms with Crippen molar-refractivity contribution in [3.63, 3.8) is 0 Å². The van der Waals surface area contributed by atoms with Crippen molar-refractivity contribution in [1.82, 2.24) is 4.31 Å². The maximum atomic E-state index is 12.9. The summed E-state index contributed by atoms with van der Waals surface area (Å²) in [6.45, 7) is 4.90. The van der Waals surface area contributed by atoms with E-state index < -0.39 is 10.0 Å². The first-order valence-electron chi connectivity index (χ1n) is 10.5. The number of anilines is 1. The fourth-order valence-corrected chi connectivity index (χ4v) is 5.96. The molecule has 4 rings (SSSR count). The molecule has 0 spiro atoms. The number of carbonyl (C=O) groups excluding carboxylic acids is 1. The lowest BCUT2D eigenvalue weighted by Crippen LogP contribution is -2.39. The minimum absolute atomic E-state index is 0.0856. The van der Waals surface area contributed by atoms with Gasteiger partial charge in [0, 0.05) is 24.8 Å². The fourth-order valence-electron chi connectivity index (χ4n) is 4.35. The monoisotopic (exact) mass is 428 g/mol. The van der Waals surface area contributed by atoms with E-state index in [0.29, 0.717) is 24.4 Å². The highest BCUT2D eigenvalue weighted by Crippen LogP contribution is 2.32. The molecule has 0 aromatic heterocycles. The summed E-state index contributed by atoms with van der Waals surface area (Å²) in [7, 11) is -3.48. The number of aryl methyl sites for hydroxylation is 1.